The zero-order valence-corrected chi connectivity index (χ0v) is 10.6. The topological polar surface area (TPSA) is 50.7 Å². The van der Waals surface area contributed by atoms with Crippen LogP contribution in [0.3, 0.4) is 0 Å². The van der Waals surface area contributed by atoms with Crippen LogP contribution in [0.2, 0.25) is 0 Å². The Kier molecular flexibility index (Phi) is 2.98. The first-order valence-electron chi connectivity index (χ1n) is 5.23. The fraction of sp³-hybridized carbons (Fsp3) is 0.182. The molecule has 0 amide bonds. The molecule has 0 spiro atoms. The summed E-state index contributed by atoms with van der Waals surface area (Å²) in [5.41, 5.74) is 1.86. The molecule has 4 nitrogen and oxygen atoms in total. The highest BCUT2D eigenvalue weighted by Gasteiger charge is 2.03. The van der Waals surface area contributed by atoms with E-state index in [0.717, 1.165) is 29.0 Å². The maximum absolute atomic E-state index is 4.27. The third-order valence-corrected chi connectivity index (χ3v) is 4.07. The Bertz CT molecular complexity index is 603. The van der Waals surface area contributed by atoms with Gasteiger partial charge in [0, 0.05) is 24.0 Å². The highest BCUT2D eigenvalue weighted by Crippen LogP contribution is 2.23. The van der Waals surface area contributed by atoms with Gasteiger partial charge in [-0.25, -0.2) is 9.97 Å². The Hall–Kier alpha value is -1.53. The monoisotopic (exact) mass is 262 g/mol. The van der Waals surface area contributed by atoms with Gasteiger partial charge in [-0.1, -0.05) is 0 Å². The summed E-state index contributed by atoms with van der Waals surface area (Å²) in [5, 5.41) is 6.48. The fourth-order valence-electron chi connectivity index (χ4n) is 1.60. The van der Waals surface area contributed by atoms with Crippen molar-refractivity contribution in [3.63, 3.8) is 0 Å². The van der Waals surface area contributed by atoms with Crippen LogP contribution in [0.25, 0.3) is 10.2 Å². The van der Waals surface area contributed by atoms with Gasteiger partial charge in [0.2, 0.25) is 0 Å². The average Bonchev–Trinajstić information content (AvgIpc) is 2.99. The largest absolute Gasteiger partial charge is 0.369 e. The van der Waals surface area contributed by atoms with Crippen LogP contribution in [-0.4, -0.2) is 21.5 Å². The molecule has 0 unspecified atom stereocenters. The lowest BCUT2D eigenvalue weighted by molar-refractivity contribution is 1.02. The van der Waals surface area contributed by atoms with Gasteiger partial charge in [0.05, 0.1) is 10.9 Å². The van der Waals surface area contributed by atoms with Crippen LogP contribution in [0.5, 0.6) is 0 Å². The van der Waals surface area contributed by atoms with Crippen molar-refractivity contribution in [1.29, 1.82) is 0 Å². The molecule has 0 aliphatic rings. The summed E-state index contributed by atoms with van der Waals surface area (Å²) in [5.74, 6) is 0.917. The van der Waals surface area contributed by atoms with E-state index in [4.69, 9.17) is 0 Å². The predicted octanol–water partition coefficient (Wildman–Crippen LogP) is 2.80. The van der Waals surface area contributed by atoms with E-state index in [1.54, 1.807) is 29.0 Å². The van der Waals surface area contributed by atoms with Gasteiger partial charge in [-0.05, 0) is 11.4 Å². The third-order valence-electron chi connectivity index (χ3n) is 2.41. The van der Waals surface area contributed by atoms with E-state index < -0.39 is 0 Å². The minimum atomic E-state index is 0.865. The number of hydrogen-bond donors (Lipinski definition) is 1. The predicted molar refractivity (Wildman–Crippen MR) is 71.7 cm³/mol. The molecule has 86 valence electrons. The number of anilines is 1. The molecule has 6 heteroatoms. The second kappa shape index (κ2) is 4.77. The van der Waals surface area contributed by atoms with Gasteiger partial charge in [-0.2, -0.15) is 0 Å². The minimum absolute atomic E-state index is 0.865. The molecule has 0 aliphatic heterocycles. The Morgan fingerprint density at radius 3 is 3.12 bits per heavy atom. The summed E-state index contributed by atoms with van der Waals surface area (Å²) in [6.45, 7) is 0.865. The molecule has 0 bridgehead atoms. The number of aromatic nitrogens is 3. The van der Waals surface area contributed by atoms with Crippen LogP contribution in [0, 0.1) is 0 Å². The summed E-state index contributed by atoms with van der Waals surface area (Å²) in [6, 6.07) is 2.05. The number of nitrogens with one attached hydrogen (secondary N) is 1. The van der Waals surface area contributed by atoms with Gasteiger partial charge in [-0.3, -0.25) is 4.98 Å². The molecule has 0 fully saturated rings. The smallest absolute Gasteiger partial charge is 0.138 e. The van der Waals surface area contributed by atoms with Crippen LogP contribution in [0.1, 0.15) is 4.88 Å². The van der Waals surface area contributed by atoms with E-state index in [9.17, 15) is 0 Å². The van der Waals surface area contributed by atoms with E-state index in [-0.39, 0.29) is 0 Å². The Morgan fingerprint density at radius 1 is 1.24 bits per heavy atom. The zero-order chi connectivity index (χ0) is 11.5. The molecule has 3 rings (SSSR count). The van der Waals surface area contributed by atoms with Crippen LogP contribution in [0.15, 0.2) is 29.5 Å². The van der Waals surface area contributed by atoms with Crippen LogP contribution >= 0.6 is 22.7 Å². The maximum atomic E-state index is 4.27. The van der Waals surface area contributed by atoms with E-state index >= 15 is 0 Å². The van der Waals surface area contributed by atoms with Crippen LogP contribution < -0.4 is 5.32 Å². The molecule has 3 heterocycles. The lowest BCUT2D eigenvalue weighted by atomic mass is 10.3. The van der Waals surface area contributed by atoms with E-state index in [0.29, 0.717) is 0 Å². The normalized spacial score (nSPS) is 10.8. The number of rotatable bonds is 4. The van der Waals surface area contributed by atoms with Crippen molar-refractivity contribution < 1.29 is 0 Å². The SMILES string of the molecule is c1nc(NCCc2cncs2)c2ccsc2n1. The van der Waals surface area contributed by atoms with Crippen LogP contribution in [0.4, 0.5) is 5.82 Å². The summed E-state index contributed by atoms with van der Waals surface area (Å²) < 4.78 is 0. The quantitative estimate of drug-likeness (QED) is 0.785. The average molecular weight is 262 g/mol. The number of thiazole rings is 1. The van der Waals surface area contributed by atoms with Crippen LogP contribution in [-0.2, 0) is 6.42 Å². The highest BCUT2D eigenvalue weighted by molar-refractivity contribution is 7.16. The van der Waals surface area contributed by atoms with Crippen molar-refractivity contribution in [2.24, 2.45) is 0 Å². The Morgan fingerprint density at radius 2 is 2.24 bits per heavy atom. The number of nitrogens with zero attached hydrogens (tertiary/aromatic N) is 3. The van der Waals surface area contributed by atoms with Crippen molar-refractivity contribution in [3.8, 4) is 0 Å². The minimum Gasteiger partial charge on any atom is -0.369 e. The Labute approximate surface area is 106 Å². The molecular formula is C11H10N4S2. The lowest BCUT2D eigenvalue weighted by Gasteiger charge is -2.04. The Balaban J connectivity index is 1.70. The first kappa shape index (κ1) is 10.6. The molecule has 3 aromatic heterocycles. The highest BCUT2D eigenvalue weighted by atomic mass is 32.1. The second-order valence-corrected chi connectivity index (χ2v) is 5.37. The van der Waals surface area contributed by atoms with E-state index in [2.05, 4.69) is 26.3 Å². The molecule has 0 radical (unpaired) electrons. The molecular weight excluding hydrogens is 252 g/mol. The molecule has 0 atom stereocenters. The van der Waals surface area contributed by atoms with Crippen molar-refractivity contribution in [1.82, 2.24) is 15.0 Å². The first-order chi connectivity index (χ1) is 8.43. The molecule has 17 heavy (non-hydrogen) atoms. The first-order valence-corrected chi connectivity index (χ1v) is 6.99. The van der Waals surface area contributed by atoms with Gasteiger partial charge >= 0.3 is 0 Å². The lowest BCUT2D eigenvalue weighted by Crippen LogP contribution is -2.05. The van der Waals surface area contributed by atoms with Crippen molar-refractivity contribution in [3.05, 3.63) is 34.4 Å². The maximum Gasteiger partial charge on any atom is 0.138 e. The van der Waals surface area contributed by atoms with Gasteiger partial charge < -0.3 is 5.32 Å². The molecule has 3 aromatic rings. The summed E-state index contributed by atoms with van der Waals surface area (Å²) in [7, 11) is 0. The zero-order valence-electron chi connectivity index (χ0n) is 8.96. The van der Waals surface area contributed by atoms with Gasteiger partial charge in [0.1, 0.15) is 17.0 Å². The number of fused-ring (bicyclic) bond motifs is 1. The molecule has 0 aromatic carbocycles. The second-order valence-electron chi connectivity index (χ2n) is 3.51. The van der Waals surface area contributed by atoms with Crippen molar-refractivity contribution in [2.75, 3.05) is 11.9 Å². The van der Waals surface area contributed by atoms with Gasteiger partial charge in [-0.15, -0.1) is 22.7 Å². The summed E-state index contributed by atoms with van der Waals surface area (Å²) in [6.07, 6.45) is 4.49. The molecule has 1 N–H and O–H groups in total. The molecule has 0 saturated heterocycles. The van der Waals surface area contributed by atoms with E-state index in [1.807, 2.05) is 17.1 Å². The molecule has 0 aliphatic carbocycles. The van der Waals surface area contributed by atoms with E-state index in [1.165, 1.54) is 4.88 Å². The summed E-state index contributed by atoms with van der Waals surface area (Å²) >= 11 is 3.32. The van der Waals surface area contributed by atoms with Gasteiger partial charge in [0.25, 0.3) is 0 Å². The third kappa shape index (κ3) is 2.27. The standard InChI is InChI=1S/C11H10N4S2/c1(8-5-12-7-17-8)3-13-10-9-2-4-16-11(9)15-6-14-10/h2,4-7H,1,3H2,(H,13,14,15). The van der Waals surface area contributed by atoms with Crippen molar-refractivity contribution >= 4 is 38.7 Å². The number of thiophene rings is 1. The molecule has 0 saturated carbocycles. The number of hydrogen-bond acceptors (Lipinski definition) is 6. The summed E-state index contributed by atoms with van der Waals surface area (Å²) in [4.78, 5) is 14.9. The van der Waals surface area contributed by atoms with Crippen molar-refractivity contribution in [2.45, 2.75) is 6.42 Å². The fourth-order valence-corrected chi connectivity index (χ4v) is 2.93. The van der Waals surface area contributed by atoms with Gasteiger partial charge in [0.15, 0.2) is 0 Å².